The molecule has 0 radical (unpaired) electrons. The molecule has 1 aromatic heterocycles. The van der Waals surface area contributed by atoms with E-state index in [4.69, 9.17) is 10.5 Å². The largest absolute Gasteiger partial charge is 0.473 e. The van der Waals surface area contributed by atoms with Crippen LogP contribution < -0.4 is 20.7 Å². The van der Waals surface area contributed by atoms with Crippen LogP contribution in [0, 0.1) is 0 Å². The van der Waals surface area contributed by atoms with Gasteiger partial charge in [0.25, 0.3) is 0 Å². The average Bonchev–Trinajstić information content (AvgIpc) is 3.14. The molecule has 20 heavy (non-hydrogen) atoms. The van der Waals surface area contributed by atoms with Gasteiger partial charge in [0.1, 0.15) is 12.0 Å². The predicted octanol–water partition coefficient (Wildman–Crippen LogP) is 0.561. The number of anilines is 2. The minimum atomic E-state index is -0.0284. The van der Waals surface area contributed by atoms with Crippen molar-refractivity contribution in [1.82, 2.24) is 15.3 Å². The third kappa shape index (κ3) is 3.72. The van der Waals surface area contributed by atoms with Crippen LogP contribution in [0.1, 0.15) is 26.7 Å². The van der Waals surface area contributed by atoms with Crippen molar-refractivity contribution < 1.29 is 9.53 Å². The number of amides is 1. The molecule has 0 saturated heterocycles. The van der Waals surface area contributed by atoms with Crippen LogP contribution >= 0.6 is 0 Å². The van der Waals surface area contributed by atoms with Crippen molar-refractivity contribution >= 4 is 17.4 Å². The Bertz CT molecular complexity index is 488. The topological polar surface area (TPSA) is 93.4 Å². The molecule has 1 amide bonds. The molecular formula is C13H21N5O2. The zero-order valence-corrected chi connectivity index (χ0v) is 12.1. The van der Waals surface area contributed by atoms with Gasteiger partial charge in [-0.1, -0.05) is 0 Å². The van der Waals surface area contributed by atoms with Gasteiger partial charge in [0.2, 0.25) is 11.8 Å². The Balaban J connectivity index is 2.04. The van der Waals surface area contributed by atoms with Crippen LogP contribution in [-0.2, 0) is 4.79 Å². The van der Waals surface area contributed by atoms with E-state index in [0.717, 1.165) is 12.8 Å². The number of carbonyl (C=O) groups is 1. The third-order valence-electron chi connectivity index (χ3n) is 2.86. The van der Waals surface area contributed by atoms with Crippen LogP contribution in [0.25, 0.3) is 0 Å². The van der Waals surface area contributed by atoms with E-state index in [1.807, 2.05) is 13.8 Å². The highest BCUT2D eigenvalue weighted by Crippen LogP contribution is 2.27. The van der Waals surface area contributed by atoms with E-state index in [2.05, 4.69) is 15.3 Å². The van der Waals surface area contributed by atoms with Gasteiger partial charge in [0.05, 0.1) is 12.6 Å². The molecule has 0 bridgehead atoms. The van der Waals surface area contributed by atoms with Gasteiger partial charge in [-0.15, -0.1) is 0 Å². The summed E-state index contributed by atoms with van der Waals surface area (Å²) in [6.07, 6.45) is 3.50. The monoisotopic (exact) mass is 279 g/mol. The molecule has 0 unspecified atom stereocenters. The van der Waals surface area contributed by atoms with Gasteiger partial charge >= 0.3 is 0 Å². The normalized spacial score (nSPS) is 14.2. The van der Waals surface area contributed by atoms with Crippen molar-refractivity contribution in [2.75, 3.05) is 24.2 Å². The van der Waals surface area contributed by atoms with Crippen LogP contribution in [0.3, 0.4) is 0 Å². The second-order valence-corrected chi connectivity index (χ2v) is 5.28. The summed E-state index contributed by atoms with van der Waals surface area (Å²) in [4.78, 5) is 21.6. The van der Waals surface area contributed by atoms with E-state index in [1.165, 1.54) is 6.33 Å². The maximum absolute atomic E-state index is 11.8. The number of nitrogens with one attached hydrogen (secondary N) is 1. The maximum atomic E-state index is 11.8. The highest BCUT2D eigenvalue weighted by atomic mass is 16.5. The van der Waals surface area contributed by atoms with Crippen LogP contribution in [-0.4, -0.2) is 41.6 Å². The molecular weight excluding hydrogens is 258 g/mol. The lowest BCUT2D eigenvalue weighted by molar-refractivity contribution is -0.119. The molecule has 1 aliphatic carbocycles. The van der Waals surface area contributed by atoms with E-state index in [0.29, 0.717) is 23.4 Å². The van der Waals surface area contributed by atoms with Crippen LogP contribution in [0.4, 0.5) is 11.5 Å². The molecule has 1 heterocycles. The lowest BCUT2D eigenvalue weighted by Crippen LogP contribution is -2.36. The number of nitrogens with zero attached hydrogens (tertiary/aromatic N) is 3. The first-order chi connectivity index (χ1) is 9.47. The second kappa shape index (κ2) is 5.94. The molecule has 1 aromatic rings. The van der Waals surface area contributed by atoms with Gasteiger partial charge in [0, 0.05) is 13.1 Å². The molecule has 1 aliphatic rings. The molecule has 0 atom stereocenters. The van der Waals surface area contributed by atoms with Gasteiger partial charge in [-0.25, -0.2) is 4.98 Å². The summed E-state index contributed by atoms with van der Waals surface area (Å²) >= 11 is 0. The Labute approximate surface area is 118 Å². The minimum absolute atomic E-state index is 0.0245. The van der Waals surface area contributed by atoms with E-state index >= 15 is 0 Å². The Hall–Kier alpha value is -2.05. The highest BCUT2D eigenvalue weighted by Gasteiger charge is 2.24. The Morgan fingerprint density at radius 2 is 2.25 bits per heavy atom. The van der Waals surface area contributed by atoms with Gasteiger partial charge in [-0.3, -0.25) is 4.79 Å². The third-order valence-corrected chi connectivity index (χ3v) is 2.86. The van der Waals surface area contributed by atoms with Crippen molar-refractivity contribution in [3.8, 4) is 5.88 Å². The zero-order valence-electron chi connectivity index (χ0n) is 12.1. The van der Waals surface area contributed by atoms with Gasteiger partial charge < -0.3 is 20.7 Å². The standard InChI is InChI=1S/C13H21N5O2/c1-8(2)20-13-11(14)12(15-7-16-13)18(3)6-10(19)17-9-4-5-9/h7-9H,4-6,14H2,1-3H3,(H,17,19). The summed E-state index contributed by atoms with van der Waals surface area (Å²) in [5.41, 5.74) is 6.35. The number of nitrogens with two attached hydrogens (primary N) is 1. The molecule has 2 rings (SSSR count). The summed E-state index contributed by atoms with van der Waals surface area (Å²) in [7, 11) is 1.77. The second-order valence-electron chi connectivity index (χ2n) is 5.28. The molecule has 0 aromatic carbocycles. The SMILES string of the molecule is CC(C)Oc1ncnc(N(C)CC(=O)NC2CC2)c1N. The summed E-state index contributed by atoms with van der Waals surface area (Å²) in [5.74, 6) is 0.820. The Morgan fingerprint density at radius 1 is 1.55 bits per heavy atom. The van der Waals surface area contributed by atoms with E-state index < -0.39 is 0 Å². The first-order valence-electron chi connectivity index (χ1n) is 6.75. The number of rotatable bonds is 6. The van der Waals surface area contributed by atoms with Crippen molar-refractivity contribution in [1.29, 1.82) is 0 Å². The highest BCUT2D eigenvalue weighted by molar-refractivity contribution is 5.83. The van der Waals surface area contributed by atoms with E-state index in [9.17, 15) is 4.79 Å². The van der Waals surface area contributed by atoms with E-state index in [-0.39, 0.29) is 18.6 Å². The first kappa shape index (κ1) is 14.4. The number of carbonyl (C=O) groups excluding carboxylic acids is 1. The fourth-order valence-electron chi connectivity index (χ4n) is 1.78. The molecule has 7 heteroatoms. The Morgan fingerprint density at radius 3 is 2.85 bits per heavy atom. The minimum Gasteiger partial charge on any atom is -0.473 e. The van der Waals surface area contributed by atoms with Crippen LogP contribution in [0.15, 0.2) is 6.33 Å². The molecule has 0 spiro atoms. The molecule has 3 N–H and O–H groups in total. The molecule has 0 aliphatic heterocycles. The summed E-state index contributed by atoms with van der Waals surface area (Å²) < 4.78 is 5.51. The fourth-order valence-corrected chi connectivity index (χ4v) is 1.78. The quantitative estimate of drug-likeness (QED) is 0.790. The van der Waals surface area contributed by atoms with Crippen LogP contribution in [0.5, 0.6) is 5.88 Å². The fraction of sp³-hybridized carbons (Fsp3) is 0.615. The molecule has 1 saturated carbocycles. The first-order valence-corrected chi connectivity index (χ1v) is 6.75. The van der Waals surface area contributed by atoms with Crippen LogP contribution in [0.2, 0.25) is 0 Å². The molecule has 110 valence electrons. The number of nitrogen functional groups attached to an aromatic ring is 1. The van der Waals surface area contributed by atoms with Crippen molar-refractivity contribution in [2.45, 2.75) is 38.8 Å². The van der Waals surface area contributed by atoms with Gasteiger partial charge in [-0.2, -0.15) is 4.98 Å². The predicted molar refractivity (Wildman–Crippen MR) is 76.6 cm³/mol. The number of aromatic nitrogens is 2. The number of likely N-dealkylation sites (N-methyl/N-ethyl adjacent to an activating group) is 1. The summed E-state index contributed by atoms with van der Waals surface area (Å²) in [6.45, 7) is 4.00. The van der Waals surface area contributed by atoms with E-state index in [1.54, 1.807) is 11.9 Å². The smallest absolute Gasteiger partial charge is 0.242 e. The maximum Gasteiger partial charge on any atom is 0.242 e. The van der Waals surface area contributed by atoms with Gasteiger partial charge in [0.15, 0.2) is 5.82 Å². The summed E-state index contributed by atoms with van der Waals surface area (Å²) in [5, 5.41) is 2.92. The molecule has 7 nitrogen and oxygen atoms in total. The van der Waals surface area contributed by atoms with Crippen molar-refractivity contribution in [2.24, 2.45) is 0 Å². The number of hydrogen-bond acceptors (Lipinski definition) is 6. The lowest BCUT2D eigenvalue weighted by atomic mass is 10.4. The van der Waals surface area contributed by atoms with Crippen molar-refractivity contribution in [3.63, 3.8) is 0 Å². The lowest BCUT2D eigenvalue weighted by Gasteiger charge is -2.20. The van der Waals surface area contributed by atoms with Crippen molar-refractivity contribution in [3.05, 3.63) is 6.33 Å². The number of ether oxygens (including phenoxy) is 1. The molecule has 1 fully saturated rings. The Kier molecular flexibility index (Phi) is 4.26. The number of hydrogen-bond donors (Lipinski definition) is 2. The average molecular weight is 279 g/mol. The van der Waals surface area contributed by atoms with Gasteiger partial charge in [-0.05, 0) is 26.7 Å². The zero-order chi connectivity index (χ0) is 14.7. The summed E-state index contributed by atoms with van der Waals surface area (Å²) in [6, 6.07) is 0.346.